The van der Waals surface area contributed by atoms with Crippen molar-refractivity contribution in [3.63, 3.8) is 0 Å². The third-order valence-corrected chi connectivity index (χ3v) is 4.35. The summed E-state index contributed by atoms with van der Waals surface area (Å²) < 4.78 is 47.2. The zero-order valence-electron chi connectivity index (χ0n) is 15.6. The molecule has 5 fully saturated rings. The average molecular weight is 390 g/mol. The summed E-state index contributed by atoms with van der Waals surface area (Å²) in [7, 11) is 0. The Morgan fingerprint density at radius 2 is 0.852 bits per heavy atom. The van der Waals surface area contributed by atoms with E-state index in [0.29, 0.717) is 45.2 Å². The fraction of sp³-hybridized carbons (Fsp3) is 1.00. The van der Waals surface area contributed by atoms with Crippen LogP contribution in [0.3, 0.4) is 0 Å². The molecule has 156 valence electrons. The van der Waals surface area contributed by atoms with Crippen molar-refractivity contribution in [1.82, 2.24) is 0 Å². The maximum atomic E-state index is 5.71. The van der Waals surface area contributed by atoms with Crippen LogP contribution in [0, 0.1) is 0 Å². The molecule has 0 aromatic heterocycles. The van der Waals surface area contributed by atoms with Crippen LogP contribution in [0.2, 0.25) is 0 Å². The first kappa shape index (κ1) is 19.9. The maximum Gasteiger partial charge on any atom is 0.104 e. The Morgan fingerprint density at radius 1 is 0.519 bits per heavy atom. The van der Waals surface area contributed by atoms with Crippen molar-refractivity contribution in [2.24, 2.45) is 0 Å². The minimum Gasteiger partial charge on any atom is -0.376 e. The molecule has 0 N–H and O–H groups in total. The van der Waals surface area contributed by atoms with E-state index in [2.05, 4.69) is 0 Å². The van der Waals surface area contributed by atoms with Gasteiger partial charge in [0.25, 0.3) is 0 Å². The fourth-order valence-electron chi connectivity index (χ4n) is 2.20. The Morgan fingerprint density at radius 3 is 1.22 bits per heavy atom. The Hall–Kier alpha value is -0.360. The van der Waals surface area contributed by atoms with Crippen molar-refractivity contribution in [3.8, 4) is 0 Å². The van der Waals surface area contributed by atoms with Crippen LogP contribution in [0.1, 0.15) is 0 Å². The van der Waals surface area contributed by atoms with Gasteiger partial charge >= 0.3 is 0 Å². The molecular formula is C18H30O9. The topological polar surface area (TPSA) is 99.6 Å². The van der Waals surface area contributed by atoms with E-state index in [9.17, 15) is 0 Å². The number of rotatable bonds is 15. The molecule has 0 aromatic carbocycles. The third-order valence-electron chi connectivity index (χ3n) is 4.35. The highest BCUT2D eigenvalue weighted by atomic mass is 16.6. The lowest BCUT2D eigenvalue weighted by molar-refractivity contribution is -0.0661. The van der Waals surface area contributed by atoms with E-state index in [1.165, 1.54) is 0 Å². The van der Waals surface area contributed by atoms with E-state index in [0.717, 1.165) is 46.2 Å². The molecule has 0 spiro atoms. The Balaban J connectivity index is 0.000000167. The van der Waals surface area contributed by atoms with Crippen molar-refractivity contribution in [2.75, 3.05) is 79.3 Å². The van der Waals surface area contributed by atoms with Gasteiger partial charge in [-0.15, -0.1) is 0 Å². The van der Waals surface area contributed by atoms with Crippen LogP contribution in [0.5, 0.6) is 0 Å². The van der Waals surface area contributed by atoms with Crippen LogP contribution in [-0.2, 0) is 42.6 Å². The molecule has 0 saturated carbocycles. The third kappa shape index (κ3) is 10.1. The predicted octanol–water partition coefficient (Wildman–Crippen LogP) is -0.598. The Kier molecular flexibility index (Phi) is 7.70. The van der Waals surface area contributed by atoms with E-state index in [4.69, 9.17) is 42.6 Å². The van der Waals surface area contributed by atoms with Gasteiger partial charge in [0.05, 0.1) is 79.3 Å². The second-order valence-electron chi connectivity index (χ2n) is 7.34. The molecule has 0 amide bonds. The predicted molar refractivity (Wildman–Crippen MR) is 90.9 cm³/mol. The smallest absolute Gasteiger partial charge is 0.104 e. The Bertz CT molecular complexity index is 387. The van der Waals surface area contributed by atoms with Gasteiger partial charge in [0.1, 0.15) is 36.6 Å². The molecule has 9 heteroatoms. The van der Waals surface area contributed by atoms with Gasteiger partial charge in [0.2, 0.25) is 0 Å². The molecule has 27 heavy (non-hydrogen) atoms. The number of hydrogen-bond donors (Lipinski definition) is 0. The van der Waals surface area contributed by atoms with Crippen LogP contribution < -0.4 is 0 Å². The lowest BCUT2D eigenvalue weighted by Crippen LogP contribution is -2.28. The van der Waals surface area contributed by atoms with Gasteiger partial charge in [-0.3, -0.25) is 0 Å². The molecule has 5 rings (SSSR count). The van der Waals surface area contributed by atoms with E-state index in [1.54, 1.807) is 0 Å². The first-order valence-electron chi connectivity index (χ1n) is 9.78. The van der Waals surface area contributed by atoms with Crippen molar-refractivity contribution in [2.45, 2.75) is 36.6 Å². The minimum atomic E-state index is -0.0355. The second-order valence-corrected chi connectivity index (χ2v) is 7.34. The quantitative estimate of drug-likeness (QED) is 0.339. The summed E-state index contributed by atoms with van der Waals surface area (Å²) in [5.41, 5.74) is 0. The molecule has 5 atom stereocenters. The highest BCUT2D eigenvalue weighted by molar-refractivity contribution is 4.72. The van der Waals surface area contributed by atoms with Crippen molar-refractivity contribution in [1.29, 1.82) is 0 Å². The molecule has 0 aliphatic carbocycles. The summed E-state index contributed by atoms with van der Waals surface area (Å²) in [6.07, 6.45) is 1.60. The molecule has 0 radical (unpaired) electrons. The fourth-order valence-corrected chi connectivity index (χ4v) is 2.20. The highest BCUT2D eigenvalue weighted by Crippen LogP contribution is 2.14. The summed E-state index contributed by atoms with van der Waals surface area (Å²) in [5, 5.41) is 0. The largest absolute Gasteiger partial charge is 0.376 e. The van der Waals surface area contributed by atoms with E-state index in [-0.39, 0.29) is 24.4 Å². The van der Waals surface area contributed by atoms with Gasteiger partial charge < -0.3 is 42.6 Å². The second kappa shape index (κ2) is 10.4. The number of epoxide rings is 5. The zero-order chi connectivity index (χ0) is 18.3. The average Bonchev–Trinajstić information content (AvgIpc) is 3.49. The molecule has 9 nitrogen and oxygen atoms in total. The standard InChI is InChI=1S/C12H20O6.C6H10O3/c1(13-3-10-5-16-10)9(15-7-12-8-18-12)2-14-4-11-6-17-11;1(5-3-8-5)7-2-6-4-9-6/h9-12H,1-8H2;5-6H,1-4H2. The molecular weight excluding hydrogens is 360 g/mol. The normalized spacial score (nSPS) is 35.8. The van der Waals surface area contributed by atoms with Crippen LogP contribution in [0.4, 0.5) is 0 Å². The van der Waals surface area contributed by atoms with Gasteiger partial charge in [-0.1, -0.05) is 0 Å². The van der Waals surface area contributed by atoms with Crippen LogP contribution in [0.15, 0.2) is 0 Å². The highest BCUT2D eigenvalue weighted by Gasteiger charge is 2.28. The van der Waals surface area contributed by atoms with Crippen molar-refractivity contribution in [3.05, 3.63) is 0 Å². The first-order valence-corrected chi connectivity index (χ1v) is 9.78. The van der Waals surface area contributed by atoms with Crippen molar-refractivity contribution < 1.29 is 42.6 Å². The molecule has 5 saturated heterocycles. The summed E-state index contributed by atoms with van der Waals surface area (Å²) in [6.45, 7) is 8.69. The molecule has 5 aliphatic rings. The number of ether oxygens (including phenoxy) is 9. The lowest BCUT2D eigenvalue weighted by Gasteiger charge is -2.17. The zero-order valence-corrected chi connectivity index (χ0v) is 15.6. The molecule has 5 aliphatic heterocycles. The van der Waals surface area contributed by atoms with Gasteiger partial charge in [0, 0.05) is 0 Å². The first-order chi connectivity index (χ1) is 13.3. The Labute approximate surface area is 159 Å². The van der Waals surface area contributed by atoms with Gasteiger partial charge in [0.15, 0.2) is 0 Å². The van der Waals surface area contributed by atoms with Gasteiger partial charge in [-0.05, 0) is 0 Å². The summed E-state index contributed by atoms with van der Waals surface area (Å²) in [5.74, 6) is 0. The molecule has 5 unspecified atom stereocenters. The SMILES string of the molecule is C(OCC1CO1)C(COCC1CO1)OCC1CO1.C(OCC1CO1)C1CO1. The minimum absolute atomic E-state index is 0.0355. The summed E-state index contributed by atoms with van der Waals surface area (Å²) in [4.78, 5) is 0. The molecule has 0 aromatic rings. The molecule has 5 heterocycles. The monoisotopic (exact) mass is 390 g/mol. The molecule has 0 bridgehead atoms. The summed E-state index contributed by atoms with van der Waals surface area (Å²) >= 11 is 0. The van der Waals surface area contributed by atoms with Gasteiger partial charge in [-0.25, -0.2) is 0 Å². The van der Waals surface area contributed by atoms with Crippen LogP contribution >= 0.6 is 0 Å². The lowest BCUT2D eigenvalue weighted by atomic mass is 10.4. The van der Waals surface area contributed by atoms with Crippen LogP contribution in [-0.4, -0.2) is 116 Å². The van der Waals surface area contributed by atoms with Crippen LogP contribution in [0.25, 0.3) is 0 Å². The van der Waals surface area contributed by atoms with E-state index in [1.807, 2.05) is 0 Å². The van der Waals surface area contributed by atoms with E-state index >= 15 is 0 Å². The van der Waals surface area contributed by atoms with Crippen molar-refractivity contribution >= 4 is 0 Å². The van der Waals surface area contributed by atoms with E-state index < -0.39 is 0 Å². The van der Waals surface area contributed by atoms with Gasteiger partial charge in [-0.2, -0.15) is 0 Å². The summed E-state index contributed by atoms with van der Waals surface area (Å²) in [6, 6.07) is 0. The number of hydrogen-bond acceptors (Lipinski definition) is 9. The maximum absolute atomic E-state index is 5.71.